The molecule has 0 spiro atoms. The topological polar surface area (TPSA) is 52.8 Å². The van der Waals surface area contributed by atoms with E-state index in [2.05, 4.69) is 27.8 Å². The Hall–Kier alpha value is -2.38. The van der Waals surface area contributed by atoms with Gasteiger partial charge in [-0.25, -0.2) is 9.38 Å². The molecule has 0 N–H and O–H groups in total. The third kappa shape index (κ3) is 3.08. The van der Waals surface area contributed by atoms with E-state index in [1.807, 2.05) is 44.2 Å². The van der Waals surface area contributed by atoms with Crippen molar-refractivity contribution >= 4 is 49.3 Å². The van der Waals surface area contributed by atoms with Crippen molar-refractivity contribution in [3.05, 3.63) is 60.3 Å². The molecule has 0 amide bonds. The predicted octanol–water partition coefficient (Wildman–Crippen LogP) is 4.24. The Morgan fingerprint density at radius 1 is 1.21 bits per heavy atom. The molecule has 4 rings (SSSR count). The zero-order valence-corrected chi connectivity index (χ0v) is 18.4. The summed E-state index contributed by atoms with van der Waals surface area (Å²) < 4.78 is 14.2. The number of ether oxygens (including phenoxy) is 2. The Morgan fingerprint density at radius 2 is 1.96 bits per heavy atom. The fourth-order valence-electron chi connectivity index (χ4n) is 3.20. The monoisotopic (exact) mass is 458 g/mol. The van der Waals surface area contributed by atoms with Crippen molar-refractivity contribution in [1.82, 2.24) is 9.38 Å². The Bertz CT molecular complexity index is 1320. The maximum Gasteiger partial charge on any atom is 0.274 e. The largest absolute Gasteiger partial charge is 0.492 e. The number of hydrogen-bond acceptors (Lipinski definition) is 5. The van der Waals surface area contributed by atoms with Gasteiger partial charge in [0.1, 0.15) is 0 Å². The van der Waals surface area contributed by atoms with Gasteiger partial charge < -0.3 is 9.47 Å². The second kappa shape index (κ2) is 7.22. The number of fused-ring (bicyclic) bond motifs is 3. The molecule has 0 atom stereocenters. The molecule has 0 unspecified atom stereocenters. The molecule has 0 aliphatic carbocycles. The highest BCUT2D eigenvalue weighted by molar-refractivity contribution is 9.10. The highest BCUT2D eigenvalue weighted by Crippen LogP contribution is 2.36. The third-order valence-electron chi connectivity index (χ3n) is 4.69. The first-order chi connectivity index (χ1) is 13.4. The molecular weight excluding hydrogens is 440 g/mol. The van der Waals surface area contributed by atoms with Gasteiger partial charge in [-0.2, -0.15) is 0 Å². The van der Waals surface area contributed by atoms with Crippen LogP contribution in [0.25, 0.3) is 22.1 Å². The lowest BCUT2D eigenvalue weighted by atomic mass is 10.1. The van der Waals surface area contributed by atoms with E-state index < -0.39 is 0 Å². The van der Waals surface area contributed by atoms with Crippen LogP contribution in [0.2, 0.25) is 0 Å². The minimum absolute atomic E-state index is 0.0596. The number of methoxy groups -OCH3 is 1. The summed E-state index contributed by atoms with van der Waals surface area (Å²) in [7, 11) is 1.60. The van der Waals surface area contributed by atoms with Crippen LogP contribution in [0, 0.1) is 13.8 Å². The van der Waals surface area contributed by atoms with Crippen LogP contribution in [0.5, 0.6) is 11.5 Å². The van der Waals surface area contributed by atoms with Gasteiger partial charge in [0.05, 0.1) is 33.8 Å². The summed E-state index contributed by atoms with van der Waals surface area (Å²) in [6, 6.07) is 7.84. The minimum Gasteiger partial charge on any atom is -0.492 e. The molecule has 5 nitrogen and oxygen atoms in total. The summed E-state index contributed by atoms with van der Waals surface area (Å²) in [4.78, 5) is 18.4. The lowest BCUT2D eigenvalue weighted by molar-refractivity contribution is 0.310. The molecule has 7 heteroatoms. The van der Waals surface area contributed by atoms with E-state index in [-0.39, 0.29) is 5.56 Å². The molecule has 0 radical (unpaired) electrons. The Morgan fingerprint density at radius 3 is 2.68 bits per heavy atom. The minimum atomic E-state index is -0.0596. The van der Waals surface area contributed by atoms with Crippen LogP contribution < -0.4 is 19.6 Å². The Balaban J connectivity index is 1.92. The number of thiazole rings is 1. The van der Waals surface area contributed by atoms with Gasteiger partial charge in [0, 0.05) is 0 Å². The van der Waals surface area contributed by atoms with Gasteiger partial charge in [0.15, 0.2) is 16.5 Å². The average Bonchev–Trinajstić information content (AvgIpc) is 3.12. The fourth-order valence-corrected chi connectivity index (χ4v) is 4.81. The highest BCUT2D eigenvalue weighted by Gasteiger charge is 2.14. The molecule has 4 aromatic rings. The first-order valence-corrected chi connectivity index (χ1v) is 10.5. The van der Waals surface area contributed by atoms with Gasteiger partial charge in [-0.1, -0.05) is 11.3 Å². The molecule has 28 heavy (non-hydrogen) atoms. The molecule has 0 aliphatic heterocycles. The smallest absolute Gasteiger partial charge is 0.274 e. The van der Waals surface area contributed by atoms with Gasteiger partial charge in [0.25, 0.3) is 5.56 Å². The zero-order valence-electron chi connectivity index (χ0n) is 16.0. The van der Waals surface area contributed by atoms with Crippen LogP contribution in [0.3, 0.4) is 0 Å². The van der Waals surface area contributed by atoms with E-state index >= 15 is 0 Å². The molecule has 0 bridgehead atoms. The van der Waals surface area contributed by atoms with Crippen molar-refractivity contribution in [2.75, 3.05) is 13.7 Å². The Kier molecular flexibility index (Phi) is 4.89. The van der Waals surface area contributed by atoms with Crippen molar-refractivity contribution in [3.63, 3.8) is 0 Å². The van der Waals surface area contributed by atoms with Crippen molar-refractivity contribution in [2.45, 2.75) is 20.8 Å². The summed E-state index contributed by atoms with van der Waals surface area (Å²) in [6.45, 7) is 6.54. The van der Waals surface area contributed by atoms with Crippen LogP contribution >= 0.6 is 27.3 Å². The fraction of sp³-hybridized carbons (Fsp3) is 0.238. The van der Waals surface area contributed by atoms with Crippen molar-refractivity contribution in [2.24, 2.45) is 0 Å². The highest BCUT2D eigenvalue weighted by atomic mass is 79.9. The van der Waals surface area contributed by atoms with Gasteiger partial charge in [-0.05, 0) is 83.7 Å². The van der Waals surface area contributed by atoms with Gasteiger partial charge in [-0.3, -0.25) is 4.79 Å². The lowest BCUT2D eigenvalue weighted by Gasteiger charge is -2.11. The quantitative estimate of drug-likeness (QED) is 0.458. The Labute approximate surface area is 174 Å². The van der Waals surface area contributed by atoms with Crippen LogP contribution in [0.15, 0.2) is 33.5 Å². The number of nitrogens with zero attached hydrogens (tertiary/aromatic N) is 2. The number of rotatable bonds is 4. The van der Waals surface area contributed by atoms with Crippen molar-refractivity contribution < 1.29 is 9.47 Å². The first-order valence-electron chi connectivity index (χ1n) is 8.87. The third-order valence-corrected chi connectivity index (χ3v) is 6.25. The number of aryl methyl sites for hydroxylation is 2. The molecule has 2 aromatic heterocycles. The number of halogens is 1. The van der Waals surface area contributed by atoms with E-state index in [0.29, 0.717) is 27.6 Å². The van der Waals surface area contributed by atoms with Crippen LogP contribution in [-0.4, -0.2) is 23.1 Å². The maximum atomic E-state index is 13.1. The van der Waals surface area contributed by atoms with Gasteiger partial charge >= 0.3 is 0 Å². The molecule has 0 aliphatic rings. The van der Waals surface area contributed by atoms with Crippen LogP contribution in [0.1, 0.15) is 23.6 Å². The van der Waals surface area contributed by atoms with Crippen LogP contribution in [-0.2, 0) is 0 Å². The SMILES string of the molecule is CCOc1cc(/C=c2\sc3nc4cc(C)c(C)cc4n3c2=O)cc(Br)c1OC. The molecule has 2 heterocycles. The number of hydrogen-bond donors (Lipinski definition) is 0. The average molecular weight is 459 g/mol. The summed E-state index contributed by atoms with van der Waals surface area (Å²) in [6.07, 6.45) is 1.86. The molecule has 0 saturated heterocycles. The molecule has 144 valence electrons. The van der Waals surface area contributed by atoms with Gasteiger partial charge in [0.2, 0.25) is 0 Å². The maximum absolute atomic E-state index is 13.1. The zero-order chi connectivity index (χ0) is 20.0. The first kappa shape index (κ1) is 19.0. The van der Waals surface area contributed by atoms with E-state index in [9.17, 15) is 4.79 Å². The number of imidazole rings is 1. The van der Waals surface area contributed by atoms with E-state index in [0.717, 1.165) is 26.6 Å². The lowest BCUT2D eigenvalue weighted by Crippen LogP contribution is -2.22. The summed E-state index contributed by atoms with van der Waals surface area (Å²) in [5, 5.41) is 0. The van der Waals surface area contributed by atoms with E-state index in [1.54, 1.807) is 11.5 Å². The number of aromatic nitrogens is 2. The van der Waals surface area contributed by atoms with Crippen molar-refractivity contribution in [1.29, 1.82) is 0 Å². The van der Waals surface area contributed by atoms with E-state index in [1.165, 1.54) is 16.9 Å². The normalized spacial score (nSPS) is 12.2. The number of benzene rings is 2. The van der Waals surface area contributed by atoms with E-state index in [4.69, 9.17) is 9.47 Å². The molecule has 0 saturated carbocycles. The van der Waals surface area contributed by atoms with Crippen molar-refractivity contribution in [3.8, 4) is 11.5 Å². The summed E-state index contributed by atoms with van der Waals surface area (Å²) in [5.74, 6) is 1.27. The molecule has 2 aromatic carbocycles. The summed E-state index contributed by atoms with van der Waals surface area (Å²) in [5.41, 5.74) is 4.81. The van der Waals surface area contributed by atoms with Crippen LogP contribution in [0.4, 0.5) is 0 Å². The summed E-state index contributed by atoms with van der Waals surface area (Å²) >= 11 is 4.90. The predicted molar refractivity (Wildman–Crippen MR) is 117 cm³/mol. The molecular formula is C21H19BrN2O3S. The van der Waals surface area contributed by atoms with Gasteiger partial charge in [-0.15, -0.1) is 0 Å². The molecule has 0 fully saturated rings. The second-order valence-electron chi connectivity index (χ2n) is 6.54. The second-order valence-corrected chi connectivity index (χ2v) is 8.40. The standard InChI is InChI=1S/C21H19BrN2O3S/c1-5-27-17-9-13(8-14(22)19(17)26-4)10-18-20(25)24-16-7-12(3)11(2)6-15(16)23-21(24)28-18/h6-10H,5H2,1-4H3/b18-10-.